The van der Waals surface area contributed by atoms with Crippen molar-refractivity contribution in [3.63, 3.8) is 0 Å². The van der Waals surface area contributed by atoms with E-state index in [1.165, 1.54) is 29.6 Å². The van der Waals surface area contributed by atoms with E-state index >= 15 is 0 Å². The number of amides is 3. The van der Waals surface area contributed by atoms with Crippen LogP contribution in [-0.2, 0) is 14.8 Å². The molecule has 1 heterocycles. The zero-order valence-electron chi connectivity index (χ0n) is 17.9. The molecule has 1 aliphatic heterocycles. The molecule has 0 aromatic heterocycles. The van der Waals surface area contributed by atoms with Gasteiger partial charge in [-0.25, -0.2) is 13.2 Å². The summed E-state index contributed by atoms with van der Waals surface area (Å²) in [5, 5.41) is 5.28. The van der Waals surface area contributed by atoms with Crippen molar-refractivity contribution >= 4 is 27.6 Å². The number of hydrogen-bond acceptors (Lipinski definition) is 5. The minimum Gasteiger partial charge on any atom is -0.495 e. The number of primary amides is 1. The second-order valence-corrected chi connectivity index (χ2v) is 9.49. The van der Waals surface area contributed by atoms with Gasteiger partial charge >= 0.3 is 6.03 Å². The molecule has 0 spiro atoms. The fourth-order valence-corrected chi connectivity index (χ4v) is 5.24. The maximum Gasteiger partial charge on any atom is 0.312 e. The molecule has 9 nitrogen and oxygen atoms in total. The lowest BCUT2D eigenvalue weighted by atomic mass is 10.0. The molecule has 1 atom stereocenters. The van der Waals surface area contributed by atoms with Gasteiger partial charge in [0, 0.05) is 13.1 Å². The zero-order chi connectivity index (χ0) is 23.1. The smallest absolute Gasteiger partial charge is 0.312 e. The monoisotopic (exact) mass is 460 g/mol. The molecule has 0 saturated carbocycles. The summed E-state index contributed by atoms with van der Waals surface area (Å²) in [6.07, 6.45) is 2.57. The van der Waals surface area contributed by atoms with Crippen LogP contribution in [0.2, 0.25) is 0 Å². The molecule has 1 fully saturated rings. The number of benzene rings is 2. The van der Waals surface area contributed by atoms with Gasteiger partial charge in [0.05, 0.1) is 30.2 Å². The number of sulfonamides is 1. The van der Waals surface area contributed by atoms with E-state index in [1.54, 1.807) is 24.3 Å². The van der Waals surface area contributed by atoms with E-state index in [9.17, 15) is 18.0 Å². The summed E-state index contributed by atoms with van der Waals surface area (Å²) in [4.78, 5) is 24.3. The molecule has 2 aromatic carbocycles. The molecule has 0 radical (unpaired) electrons. The topological polar surface area (TPSA) is 131 Å². The molecule has 2 aromatic rings. The van der Waals surface area contributed by atoms with Crippen LogP contribution >= 0.6 is 0 Å². The Balaban J connectivity index is 1.81. The van der Waals surface area contributed by atoms with Gasteiger partial charge in [-0.3, -0.25) is 4.79 Å². The quantitative estimate of drug-likeness (QED) is 0.557. The fraction of sp³-hybridized carbons (Fsp3) is 0.364. The van der Waals surface area contributed by atoms with Gasteiger partial charge in [-0.1, -0.05) is 36.8 Å². The predicted octanol–water partition coefficient (Wildman–Crippen LogP) is 2.61. The number of nitrogens with two attached hydrogens (primary N) is 1. The molecule has 1 aliphatic rings. The Hall–Kier alpha value is -3.11. The number of carbonyl (C=O) groups is 2. The lowest BCUT2D eigenvalue weighted by Gasteiger charge is -2.26. The molecular weight excluding hydrogens is 432 g/mol. The molecule has 4 N–H and O–H groups in total. The van der Waals surface area contributed by atoms with Gasteiger partial charge < -0.3 is 21.1 Å². The predicted molar refractivity (Wildman–Crippen MR) is 121 cm³/mol. The van der Waals surface area contributed by atoms with E-state index in [4.69, 9.17) is 10.5 Å². The molecule has 0 unspecified atom stereocenters. The maximum atomic E-state index is 13.0. The van der Waals surface area contributed by atoms with Gasteiger partial charge in [-0.2, -0.15) is 4.31 Å². The number of piperidine rings is 1. The van der Waals surface area contributed by atoms with Crippen LogP contribution in [-0.4, -0.2) is 44.9 Å². The minimum absolute atomic E-state index is 0.0883. The Kier molecular flexibility index (Phi) is 7.70. The number of carbonyl (C=O) groups excluding carboxylic acids is 2. The highest BCUT2D eigenvalue weighted by Gasteiger charge is 2.27. The van der Waals surface area contributed by atoms with Crippen LogP contribution in [0.1, 0.15) is 37.3 Å². The number of ether oxygens (including phenoxy) is 1. The van der Waals surface area contributed by atoms with Crippen molar-refractivity contribution in [3.05, 3.63) is 54.1 Å². The summed E-state index contributed by atoms with van der Waals surface area (Å²) in [5.74, 6) is -0.103. The van der Waals surface area contributed by atoms with Crippen LogP contribution < -0.4 is 21.1 Å². The van der Waals surface area contributed by atoms with Crippen molar-refractivity contribution in [2.45, 2.75) is 36.6 Å². The van der Waals surface area contributed by atoms with Gasteiger partial charge in [0.25, 0.3) is 0 Å². The first-order valence-electron chi connectivity index (χ1n) is 10.4. The fourth-order valence-electron chi connectivity index (χ4n) is 3.70. The average Bonchev–Trinajstić information content (AvgIpc) is 2.79. The average molecular weight is 461 g/mol. The maximum absolute atomic E-state index is 13.0. The lowest BCUT2D eigenvalue weighted by molar-refractivity contribution is -0.116. The summed E-state index contributed by atoms with van der Waals surface area (Å²) in [5.41, 5.74) is 6.23. The van der Waals surface area contributed by atoms with Gasteiger partial charge in [0.1, 0.15) is 5.75 Å². The van der Waals surface area contributed by atoms with E-state index in [0.29, 0.717) is 18.8 Å². The third-order valence-electron chi connectivity index (χ3n) is 5.31. The summed E-state index contributed by atoms with van der Waals surface area (Å²) >= 11 is 0. The van der Waals surface area contributed by atoms with Crippen molar-refractivity contribution < 1.29 is 22.7 Å². The Labute approximate surface area is 188 Å². The normalized spacial score (nSPS) is 15.5. The van der Waals surface area contributed by atoms with Gasteiger partial charge in [0.2, 0.25) is 15.9 Å². The first-order chi connectivity index (χ1) is 15.3. The van der Waals surface area contributed by atoms with Crippen molar-refractivity contribution in [2.75, 3.05) is 25.5 Å². The molecule has 1 saturated heterocycles. The van der Waals surface area contributed by atoms with Crippen LogP contribution in [0.25, 0.3) is 0 Å². The van der Waals surface area contributed by atoms with Crippen LogP contribution in [0.4, 0.5) is 10.5 Å². The number of hydrogen-bond donors (Lipinski definition) is 3. The SMILES string of the molecule is COc1ccc(S(=O)(=O)N2CCCCC2)cc1NC(=O)C[C@H](NC(N)=O)c1ccccc1. The molecule has 32 heavy (non-hydrogen) atoms. The largest absolute Gasteiger partial charge is 0.495 e. The third-order valence-corrected chi connectivity index (χ3v) is 7.20. The summed E-state index contributed by atoms with van der Waals surface area (Å²) in [7, 11) is -2.24. The van der Waals surface area contributed by atoms with Crippen LogP contribution in [0.15, 0.2) is 53.4 Å². The molecular formula is C22H28N4O5S. The highest BCUT2D eigenvalue weighted by Crippen LogP contribution is 2.30. The second kappa shape index (κ2) is 10.5. The summed E-state index contributed by atoms with van der Waals surface area (Å²) in [6.45, 7) is 0.960. The summed E-state index contributed by atoms with van der Waals surface area (Å²) < 4.78 is 32.8. The van der Waals surface area contributed by atoms with E-state index < -0.39 is 28.0 Å². The zero-order valence-corrected chi connectivity index (χ0v) is 18.7. The molecule has 172 valence electrons. The minimum atomic E-state index is -3.67. The Morgan fingerprint density at radius 1 is 1.09 bits per heavy atom. The van der Waals surface area contributed by atoms with Crippen molar-refractivity contribution in [3.8, 4) is 5.75 Å². The van der Waals surface area contributed by atoms with E-state index in [0.717, 1.165) is 24.8 Å². The Bertz CT molecular complexity index is 1050. The number of urea groups is 1. The third kappa shape index (κ3) is 5.77. The van der Waals surface area contributed by atoms with Crippen molar-refractivity contribution in [1.29, 1.82) is 0 Å². The highest BCUT2D eigenvalue weighted by molar-refractivity contribution is 7.89. The van der Waals surface area contributed by atoms with E-state index in [-0.39, 0.29) is 17.0 Å². The molecule has 0 bridgehead atoms. The van der Waals surface area contributed by atoms with Gasteiger partial charge in [-0.15, -0.1) is 0 Å². The Morgan fingerprint density at radius 2 is 1.78 bits per heavy atom. The van der Waals surface area contributed by atoms with E-state index in [1.807, 2.05) is 6.07 Å². The second-order valence-electron chi connectivity index (χ2n) is 7.55. The number of anilines is 1. The van der Waals surface area contributed by atoms with Crippen LogP contribution in [0.3, 0.4) is 0 Å². The summed E-state index contributed by atoms with van der Waals surface area (Å²) in [6, 6.07) is 12.0. The number of nitrogens with one attached hydrogen (secondary N) is 2. The first kappa shape index (κ1) is 23.6. The molecule has 0 aliphatic carbocycles. The number of methoxy groups -OCH3 is 1. The van der Waals surface area contributed by atoms with Crippen molar-refractivity contribution in [2.24, 2.45) is 5.73 Å². The first-order valence-corrected chi connectivity index (χ1v) is 11.8. The van der Waals surface area contributed by atoms with Crippen molar-refractivity contribution in [1.82, 2.24) is 9.62 Å². The van der Waals surface area contributed by atoms with Crippen LogP contribution in [0.5, 0.6) is 5.75 Å². The number of rotatable bonds is 8. The van der Waals surface area contributed by atoms with Gasteiger partial charge in [0.15, 0.2) is 0 Å². The Morgan fingerprint density at radius 3 is 2.41 bits per heavy atom. The standard InChI is InChI=1S/C22H28N4O5S/c1-31-20-11-10-17(32(29,30)26-12-6-3-7-13-26)14-19(20)24-21(27)15-18(25-22(23)28)16-8-4-2-5-9-16/h2,4-5,8-11,14,18H,3,6-7,12-13,15H2,1H3,(H,24,27)(H3,23,25,28)/t18-/m0/s1. The van der Waals surface area contributed by atoms with Gasteiger partial charge in [-0.05, 0) is 36.6 Å². The number of nitrogens with zero attached hydrogens (tertiary/aromatic N) is 1. The molecule has 3 amide bonds. The highest BCUT2D eigenvalue weighted by atomic mass is 32.2. The van der Waals surface area contributed by atoms with Crippen LogP contribution in [0, 0.1) is 0 Å². The van der Waals surface area contributed by atoms with E-state index in [2.05, 4.69) is 10.6 Å². The molecule has 10 heteroatoms. The molecule has 3 rings (SSSR count). The lowest BCUT2D eigenvalue weighted by Crippen LogP contribution is -2.36.